The van der Waals surface area contributed by atoms with Crippen LogP contribution in [0.1, 0.15) is 34.6 Å². The van der Waals surface area contributed by atoms with E-state index in [-0.39, 0.29) is 12.1 Å². The van der Waals surface area contributed by atoms with E-state index in [0.29, 0.717) is 0 Å². The largest absolute Gasteiger partial charge is 0.352 e. The van der Waals surface area contributed by atoms with E-state index >= 15 is 0 Å². The van der Waals surface area contributed by atoms with Crippen molar-refractivity contribution in [2.24, 2.45) is 0 Å². The van der Waals surface area contributed by atoms with Crippen LogP contribution >= 0.6 is 23.6 Å². The Morgan fingerprint density at radius 2 is 2.17 bits per heavy atom. The first-order valence-corrected chi connectivity index (χ1v) is 9.53. The average Bonchev–Trinajstić information content (AvgIpc) is 3.11. The smallest absolute Gasteiger partial charge is 0.170 e. The maximum Gasteiger partial charge on any atom is 0.170 e. The molecule has 0 saturated carbocycles. The minimum absolute atomic E-state index is 0.107. The van der Waals surface area contributed by atoms with Crippen LogP contribution in [0.3, 0.4) is 0 Å². The highest BCUT2D eigenvalue weighted by Crippen LogP contribution is 2.41. The first-order chi connectivity index (χ1) is 11.6. The number of nitrogens with zero attached hydrogens (tertiary/aromatic N) is 3. The summed E-state index contributed by atoms with van der Waals surface area (Å²) in [4.78, 5) is 10.5. The third-order valence-corrected chi connectivity index (χ3v) is 5.81. The van der Waals surface area contributed by atoms with Crippen molar-refractivity contribution < 1.29 is 0 Å². The molecule has 128 valence electrons. The van der Waals surface area contributed by atoms with E-state index in [1.54, 1.807) is 0 Å². The van der Waals surface area contributed by atoms with E-state index in [4.69, 9.17) is 12.2 Å². The Bertz CT molecular complexity index is 683. The van der Waals surface area contributed by atoms with Gasteiger partial charge in [0, 0.05) is 17.6 Å². The average molecular weight is 361 g/mol. The van der Waals surface area contributed by atoms with Crippen LogP contribution in [0, 0.1) is 6.92 Å². The summed E-state index contributed by atoms with van der Waals surface area (Å²) in [5, 5.41) is 6.51. The monoisotopic (exact) mass is 360 g/mol. The first kappa shape index (κ1) is 17.3. The Morgan fingerprint density at radius 3 is 2.79 bits per heavy atom. The van der Waals surface area contributed by atoms with Crippen LogP contribution in [-0.4, -0.2) is 47.1 Å². The van der Waals surface area contributed by atoms with Gasteiger partial charge in [0.05, 0.1) is 17.8 Å². The van der Waals surface area contributed by atoms with Crippen LogP contribution < -0.4 is 5.32 Å². The molecule has 2 aromatic heterocycles. The van der Waals surface area contributed by atoms with Gasteiger partial charge in [-0.3, -0.25) is 4.98 Å². The second kappa shape index (κ2) is 7.59. The van der Waals surface area contributed by atoms with Gasteiger partial charge < -0.3 is 15.1 Å². The Kier molecular flexibility index (Phi) is 5.48. The normalized spacial score (nSPS) is 20.7. The molecule has 1 fully saturated rings. The lowest BCUT2D eigenvalue weighted by Crippen LogP contribution is -2.32. The zero-order valence-corrected chi connectivity index (χ0v) is 16.0. The molecule has 1 N–H and O–H groups in total. The standard InChI is InChI=1S/C18H24N4S2/c1-13-8-12-24-17(13)16-15(14-7-4-5-9-19-14)20-18(23)22(16)11-6-10-21(2)3/h4-5,7-9,12,15-16H,6,10-11H2,1-3H3,(H,20,23)/t15-,16+/m1/s1. The second-order valence-corrected chi connectivity index (χ2v) is 7.78. The maximum absolute atomic E-state index is 5.67. The fourth-order valence-electron chi connectivity index (χ4n) is 3.18. The highest BCUT2D eigenvalue weighted by atomic mass is 32.1. The summed E-state index contributed by atoms with van der Waals surface area (Å²) in [7, 11) is 4.22. The van der Waals surface area contributed by atoms with Crippen molar-refractivity contribution in [1.29, 1.82) is 0 Å². The molecule has 2 aromatic rings. The number of hydrogen-bond donors (Lipinski definition) is 1. The fraction of sp³-hybridized carbons (Fsp3) is 0.444. The lowest BCUT2D eigenvalue weighted by atomic mass is 10.0. The molecule has 0 aliphatic carbocycles. The Labute approximate surface area is 153 Å². The topological polar surface area (TPSA) is 31.4 Å². The van der Waals surface area contributed by atoms with Crippen LogP contribution in [0.5, 0.6) is 0 Å². The minimum Gasteiger partial charge on any atom is -0.352 e. The predicted octanol–water partition coefficient (Wildman–Crippen LogP) is 3.38. The molecule has 3 rings (SSSR count). The number of rotatable bonds is 6. The van der Waals surface area contributed by atoms with Gasteiger partial charge in [-0.2, -0.15) is 0 Å². The summed E-state index contributed by atoms with van der Waals surface area (Å²) in [6.45, 7) is 4.19. The lowest BCUT2D eigenvalue weighted by Gasteiger charge is -2.28. The number of aryl methyl sites for hydroxylation is 1. The number of aromatic nitrogens is 1. The van der Waals surface area contributed by atoms with Gasteiger partial charge in [0.15, 0.2) is 5.11 Å². The van der Waals surface area contributed by atoms with Crippen molar-refractivity contribution in [1.82, 2.24) is 20.1 Å². The van der Waals surface area contributed by atoms with Gasteiger partial charge in [0.2, 0.25) is 0 Å². The SMILES string of the molecule is Cc1ccsc1[C@@H]1[C@@H](c2ccccn2)NC(=S)N1CCCN(C)C. The second-order valence-electron chi connectivity index (χ2n) is 6.44. The number of thiophene rings is 1. The predicted molar refractivity (Wildman–Crippen MR) is 104 cm³/mol. The third kappa shape index (κ3) is 3.61. The van der Waals surface area contributed by atoms with Crippen molar-refractivity contribution >= 4 is 28.7 Å². The van der Waals surface area contributed by atoms with E-state index in [9.17, 15) is 0 Å². The molecular formula is C18H24N4S2. The molecule has 0 bridgehead atoms. The first-order valence-electron chi connectivity index (χ1n) is 8.24. The lowest BCUT2D eigenvalue weighted by molar-refractivity contribution is 0.295. The summed E-state index contributed by atoms with van der Waals surface area (Å²) in [5.74, 6) is 0. The van der Waals surface area contributed by atoms with Crippen molar-refractivity contribution in [3.8, 4) is 0 Å². The summed E-state index contributed by atoms with van der Waals surface area (Å²) in [5.41, 5.74) is 2.38. The molecule has 4 nitrogen and oxygen atoms in total. The van der Waals surface area contributed by atoms with Gasteiger partial charge in [-0.05, 0) is 75.3 Å². The molecule has 3 heterocycles. The fourth-order valence-corrected chi connectivity index (χ4v) is 4.58. The highest BCUT2D eigenvalue weighted by molar-refractivity contribution is 7.80. The molecule has 0 unspecified atom stereocenters. The quantitative estimate of drug-likeness (QED) is 0.798. The summed E-state index contributed by atoms with van der Waals surface area (Å²) >= 11 is 7.48. The zero-order chi connectivity index (χ0) is 17.1. The van der Waals surface area contributed by atoms with Crippen molar-refractivity contribution in [2.45, 2.75) is 25.4 Å². The van der Waals surface area contributed by atoms with E-state index in [2.05, 4.69) is 58.6 Å². The number of hydrogen-bond acceptors (Lipinski definition) is 4. The van der Waals surface area contributed by atoms with Gasteiger partial charge in [-0.15, -0.1) is 11.3 Å². The van der Waals surface area contributed by atoms with E-state index in [1.807, 2.05) is 29.7 Å². The Balaban J connectivity index is 1.90. The molecule has 0 spiro atoms. The minimum atomic E-state index is 0.107. The van der Waals surface area contributed by atoms with Crippen LogP contribution in [0.2, 0.25) is 0 Å². The van der Waals surface area contributed by atoms with Crippen LogP contribution in [0.15, 0.2) is 35.8 Å². The molecule has 0 aromatic carbocycles. The van der Waals surface area contributed by atoms with Crippen LogP contribution in [0.4, 0.5) is 0 Å². The molecule has 1 saturated heterocycles. The molecule has 6 heteroatoms. The highest BCUT2D eigenvalue weighted by Gasteiger charge is 2.40. The molecule has 1 aliphatic rings. The van der Waals surface area contributed by atoms with E-state index < -0.39 is 0 Å². The van der Waals surface area contributed by atoms with E-state index in [1.165, 1.54) is 10.4 Å². The zero-order valence-electron chi connectivity index (χ0n) is 14.4. The van der Waals surface area contributed by atoms with Gasteiger partial charge in [-0.25, -0.2) is 0 Å². The molecule has 0 radical (unpaired) electrons. The molecule has 24 heavy (non-hydrogen) atoms. The molecule has 1 aliphatic heterocycles. The Hall–Kier alpha value is -1.50. The van der Waals surface area contributed by atoms with Gasteiger partial charge in [0.25, 0.3) is 0 Å². The van der Waals surface area contributed by atoms with Crippen molar-refractivity contribution in [3.63, 3.8) is 0 Å². The van der Waals surface area contributed by atoms with Gasteiger partial charge in [-0.1, -0.05) is 6.07 Å². The molecular weight excluding hydrogens is 336 g/mol. The number of nitrogens with one attached hydrogen (secondary N) is 1. The molecule has 2 atom stereocenters. The van der Waals surface area contributed by atoms with Crippen LogP contribution in [0.25, 0.3) is 0 Å². The third-order valence-electron chi connectivity index (χ3n) is 4.37. The molecule has 0 amide bonds. The van der Waals surface area contributed by atoms with Crippen LogP contribution in [-0.2, 0) is 0 Å². The van der Waals surface area contributed by atoms with E-state index in [0.717, 1.165) is 30.3 Å². The summed E-state index contributed by atoms with van der Waals surface area (Å²) < 4.78 is 0. The van der Waals surface area contributed by atoms with Crippen molar-refractivity contribution in [2.75, 3.05) is 27.2 Å². The number of pyridine rings is 1. The summed E-state index contributed by atoms with van der Waals surface area (Å²) in [6, 6.07) is 8.59. The van der Waals surface area contributed by atoms with Gasteiger partial charge in [0.1, 0.15) is 0 Å². The Morgan fingerprint density at radius 1 is 1.33 bits per heavy atom. The van der Waals surface area contributed by atoms with Gasteiger partial charge >= 0.3 is 0 Å². The number of thiocarbonyl (C=S) groups is 1. The summed E-state index contributed by atoms with van der Waals surface area (Å²) in [6.07, 6.45) is 2.94. The van der Waals surface area contributed by atoms with Crippen molar-refractivity contribution in [3.05, 3.63) is 52.0 Å². The maximum atomic E-state index is 5.67.